The maximum atomic E-state index is 5.75. The molecular formula is C11H22N2S. The summed E-state index contributed by atoms with van der Waals surface area (Å²) in [6, 6.07) is 0.329. The molecule has 1 fully saturated rings. The molecule has 14 heavy (non-hydrogen) atoms. The number of rotatable bonds is 3. The molecule has 0 aliphatic carbocycles. The minimum atomic E-state index is 0.329. The fraction of sp³-hybridized carbons (Fsp3) is 0.909. The molecule has 1 heterocycles. The third-order valence-electron chi connectivity index (χ3n) is 3.21. The van der Waals surface area contributed by atoms with Gasteiger partial charge in [-0.1, -0.05) is 26.1 Å². The first-order chi connectivity index (χ1) is 6.65. The van der Waals surface area contributed by atoms with Crippen molar-refractivity contribution in [3.05, 3.63) is 0 Å². The lowest BCUT2D eigenvalue weighted by Gasteiger charge is -2.28. The van der Waals surface area contributed by atoms with Crippen molar-refractivity contribution in [3.63, 3.8) is 0 Å². The van der Waals surface area contributed by atoms with Crippen LogP contribution in [0.15, 0.2) is 0 Å². The highest BCUT2D eigenvalue weighted by molar-refractivity contribution is 7.80. The molecule has 0 bridgehead atoms. The Morgan fingerprint density at radius 3 is 2.79 bits per heavy atom. The molecule has 1 aliphatic heterocycles. The predicted octanol–water partition coefficient (Wildman–Crippen LogP) is 2.17. The molecule has 1 aliphatic rings. The molecule has 0 amide bonds. The van der Waals surface area contributed by atoms with Crippen LogP contribution in [0.5, 0.6) is 0 Å². The van der Waals surface area contributed by atoms with Gasteiger partial charge in [0.1, 0.15) is 0 Å². The van der Waals surface area contributed by atoms with E-state index in [0.29, 0.717) is 11.0 Å². The van der Waals surface area contributed by atoms with Crippen LogP contribution in [0.25, 0.3) is 0 Å². The lowest BCUT2D eigenvalue weighted by Crippen LogP contribution is -2.43. The van der Waals surface area contributed by atoms with E-state index < -0.39 is 0 Å². The summed E-state index contributed by atoms with van der Waals surface area (Å²) in [7, 11) is 0. The number of thiocarbonyl (C=S) groups is 1. The molecule has 0 radical (unpaired) electrons. The summed E-state index contributed by atoms with van der Waals surface area (Å²) in [5, 5.41) is 0. The van der Waals surface area contributed by atoms with Crippen LogP contribution in [0.3, 0.4) is 0 Å². The number of hydrogen-bond donors (Lipinski definition) is 1. The van der Waals surface area contributed by atoms with E-state index in [4.69, 9.17) is 18.0 Å². The summed E-state index contributed by atoms with van der Waals surface area (Å²) in [5.41, 5.74) is 5.75. The van der Waals surface area contributed by atoms with Gasteiger partial charge in [0.05, 0.1) is 11.0 Å². The van der Waals surface area contributed by atoms with E-state index in [9.17, 15) is 0 Å². The number of nitrogens with two attached hydrogens (primary N) is 1. The summed E-state index contributed by atoms with van der Waals surface area (Å²) in [4.78, 5) is 3.13. The lowest BCUT2D eigenvalue weighted by atomic mass is 10.0. The Hall–Kier alpha value is -0.150. The molecule has 0 aromatic heterocycles. The zero-order valence-corrected chi connectivity index (χ0v) is 10.1. The molecule has 0 aromatic carbocycles. The van der Waals surface area contributed by atoms with Crippen molar-refractivity contribution in [1.29, 1.82) is 0 Å². The maximum absolute atomic E-state index is 5.75. The van der Waals surface area contributed by atoms with E-state index in [1.165, 1.54) is 25.8 Å². The fourth-order valence-electron chi connectivity index (χ4n) is 2.24. The summed E-state index contributed by atoms with van der Waals surface area (Å²) in [6.07, 6.45) is 4.98. The lowest BCUT2D eigenvalue weighted by molar-refractivity contribution is 0.245. The monoisotopic (exact) mass is 214 g/mol. The van der Waals surface area contributed by atoms with Crippen molar-refractivity contribution in [2.75, 3.05) is 13.1 Å². The van der Waals surface area contributed by atoms with Crippen molar-refractivity contribution in [1.82, 2.24) is 4.90 Å². The van der Waals surface area contributed by atoms with Crippen LogP contribution in [0.2, 0.25) is 0 Å². The van der Waals surface area contributed by atoms with Gasteiger partial charge in [-0.3, -0.25) is 4.90 Å². The van der Waals surface area contributed by atoms with Gasteiger partial charge in [-0.2, -0.15) is 0 Å². The van der Waals surface area contributed by atoms with Crippen molar-refractivity contribution < 1.29 is 0 Å². The Bertz CT molecular complexity index is 194. The van der Waals surface area contributed by atoms with E-state index in [-0.39, 0.29) is 0 Å². The zero-order valence-electron chi connectivity index (χ0n) is 9.33. The van der Waals surface area contributed by atoms with Crippen LogP contribution in [-0.2, 0) is 0 Å². The van der Waals surface area contributed by atoms with E-state index in [0.717, 1.165) is 18.9 Å². The molecule has 2 unspecified atom stereocenters. The van der Waals surface area contributed by atoms with Crippen LogP contribution in [0.1, 0.15) is 39.5 Å². The van der Waals surface area contributed by atoms with Crippen LogP contribution in [-0.4, -0.2) is 29.0 Å². The van der Waals surface area contributed by atoms with Crippen LogP contribution < -0.4 is 5.73 Å². The molecule has 2 nitrogen and oxygen atoms in total. The van der Waals surface area contributed by atoms with E-state index in [1.54, 1.807) is 0 Å². The highest BCUT2D eigenvalue weighted by Gasteiger charge is 2.21. The molecule has 2 atom stereocenters. The van der Waals surface area contributed by atoms with E-state index in [1.807, 2.05) is 0 Å². The minimum absolute atomic E-state index is 0.329. The normalized spacial score (nSPS) is 26.9. The van der Waals surface area contributed by atoms with Crippen LogP contribution in [0.4, 0.5) is 0 Å². The summed E-state index contributed by atoms with van der Waals surface area (Å²) in [6.45, 7) is 6.83. The van der Waals surface area contributed by atoms with Crippen molar-refractivity contribution >= 4 is 17.2 Å². The minimum Gasteiger partial charge on any atom is -0.392 e. The molecule has 1 rings (SSSR count). The molecule has 82 valence electrons. The Morgan fingerprint density at radius 1 is 1.50 bits per heavy atom. The van der Waals surface area contributed by atoms with Crippen LogP contribution >= 0.6 is 12.2 Å². The Labute approximate surface area is 92.8 Å². The average molecular weight is 214 g/mol. The quantitative estimate of drug-likeness (QED) is 0.730. The highest BCUT2D eigenvalue weighted by Crippen LogP contribution is 2.19. The van der Waals surface area contributed by atoms with Gasteiger partial charge in [0.25, 0.3) is 0 Å². The van der Waals surface area contributed by atoms with Gasteiger partial charge < -0.3 is 5.73 Å². The topological polar surface area (TPSA) is 29.3 Å². The second kappa shape index (κ2) is 5.66. The van der Waals surface area contributed by atoms with E-state index >= 15 is 0 Å². The summed E-state index contributed by atoms with van der Waals surface area (Å²) >= 11 is 5.11. The van der Waals surface area contributed by atoms with Crippen LogP contribution in [0, 0.1) is 5.92 Å². The first-order valence-corrected chi connectivity index (χ1v) is 6.09. The first-order valence-electron chi connectivity index (χ1n) is 5.68. The molecule has 0 aromatic rings. The predicted molar refractivity (Wildman–Crippen MR) is 65.5 cm³/mol. The Morgan fingerprint density at radius 2 is 2.21 bits per heavy atom. The van der Waals surface area contributed by atoms with Crippen molar-refractivity contribution in [2.24, 2.45) is 11.7 Å². The standard InChI is InChI=1S/C11H22N2S/c1-3-10(11(12)14)13-7-4-5-9(2)6-8-13/h9-10H,3-8H2,1-2H3,(H2,12,14). The second-order valence-corrected chi connectivity index (χ2v) is 4.87. The summed E-state index contributed by atoms with van der Waals surface area (Å²) in [5.74, 6) is 0.865. The Kier molecular flexibility index (Phi) is 4.82. The van der Waals surface area contributed by atoms with Gasteiger partial charge in [0.2, 0.25) is 0 Å². The molecule has 3 heteroatoms. The van der Waals surface area contributed by atoms with Crippen molar-refractivity contribution in [2.45, 2.75) is 45.6 Å². The van der Waals surface area contributed by atoms with E-state index in [2.05, 4.69) is 18.7 Å². The third-order valence-corrected chi connectivity index (χ3v) is 3.48. The molecule has 0 saturated carbocycles. The number of hydrogen-bond acceptors (Lipinski definition) is 2. The van der Waals surface area contributed by atoms with Gasteiger partial charge in [-0.25, -0.2) is 0 Å². The van der Waals surface area contributed by atoms with Gasteiger partial charge in [-0.05, 0) is 44.7 Å². The third kappa shape index (κ3) is 3.21. The maximum Gasteiger partial charge on any atom is 0.0901 e. The van der Waals surface area contributed by atoms with Crippen molar-refractivity contribution in [3.8, 4) is 0 Å². The first kappa shape index (κ1) is 11.9. The fourth-order valence-corrected chi connectivity index (χ4v) is 2.55. The van der Waals surface area contributed by atoms with Gasteiger partial charge in [0.15, 0.2) is 0 Å². The SMILES string of the molecule is CCC(C(N)=S)N1CCCC(C)CC1. The average Bonchev–Trinajstić information content (AvgIpc) is 2.32. The van der Waals surface area contributed by atoms with Gasteiger partial charge in [0, 0.05) is 0 Å². The number of nitrogens with zero attached hydrogens (tertiary/aromatic N) is 1. The van der Waals surface area contributed by atoms with Gasteiger partial charge >= 0.3 is 0 Å². The highest BCUT2D eigenvalue weighted by atomic mass is 32.1. The number of likely N-dealkylation sites (tertiary alicyclic amines) is 1. The largest absolute Gasteiger partial charge is 0.392 e. The smallest absolute Gasteiger partial charge is 0.0901 e. The molecule has 1 saturated heterocycles. The zero-order chi connectivity index (χ0) is 10.6. The van der Waals surface area contributed by atoms with Gasteiger partial charge in [-0.15, -0.1) is 0 Å². The molecular weight excluding hydrogens is 192 g/mol. The second-order valence-electron chi connectivity index (χ2n) is 4.40. The Balaban J connectivity index is 2.53. The summed E-state index contributed by atoms with van der Waals surface area (Å²) < 4.78 is 0. The molecule has 0 spiro atoms. The molecule has 2 N–H and O–H groups in total.